The lowest BCUT2D eigenvalue weighted by molar-refractivity contribution is 0.0625. The minimum atomic E-state index is 0. The molecule has 4 nitrogen and oxygen atoms in total. The molecule has 1 saturated heterocycles. The van der Waals surface area contributed by atoms with E-state index in [1.807, 2.05) is 7.05 Å². The van der Waals surface area contributed by atoms with Gasteiger partial charge < -0.3 is 15.0 Å². The molecule has 0 aromatic heterocycles. The molecule has 2 aromatic rings. The molecule has 142 valence electrons. The minimum absolute atomic E-state index is 0. The van der Waals surface area contributed by atoms with E-state index in [0.29, 0.717) is 0 Å². The Morgan fingerprint density at radius 2 is 1.88 bits per heavy atom. The van der Waals surface area contributed by atoms with E-state index in [-0.39, 0.29) is 24.0 Å². The van der Waals surface area contributed by atoms with Crippen molar-refractivity contribution >= 4 is 40.7 Å². The number of benzene rings is 2. The number of guanidine groups is 1. The highest BCUT2D eigenvalue weighted by molar-refractivity contribution is 14.0. The Kier molecular flexibility index (Phi) is 8.65. The lowest BCUT2D eigenvalue weighted by Gasteiger charge is -2.27. The quantitative estimate of drug-likeness (QED) is 0.405. The van der Waals surface area contributed by atoms with Gasteiger partial charge in [0.25, 0.3) is 0 Å². The third kappa shape index (κ3) is 5.58. The first kappa shape index (κ1) is 21.0. The Balaban J connectivity index is 0.00000243. The number of fused-ring (bicyclic) bond motifs is 1. The first-order chi connectivity index (χ1) is 12.3. The summed E-state index contributed by atoms with van der Waals surface area (Å²) in [6, 6.07) is 15.0. The molecular formula is C21H30IN3O. The molecule has 0 spiro atoms. The summed E-state index contributed by atoms with van der Waals surface area (Å²) >= 11 is 0. The normalized spacial score (nSPS) is 15.5. The average Bonchev–Trinajstić information content (AvgIpc) is 2.67. The zero-order valence-corrected chi connectivity index (χ0v) is 18.1. The van der Waals surface area contributed by atoms with Gasteiger partial charge in [0, 0.05) is 40.4 Å². The maximum Gasteiger partial charge on any atom is 0.193 e. The summed E-state index contributed by atoms with van der Waals surface area (Å²) in [4.78, 5) is 6.69. The van der Waals surface area contributed by atoms with Crippen molar-refractivity contribution < 1.29 is 4.74 Å². The van der Waals surface area contributed by atoms with Crippen LogP contribution in [0.3, 0.4) is 0 Å². The SMILES string of the molecule is CN=C(NCc1cccc2ccccc12)N(C)CCC1CCOCC1.I. The van der Waals surface area contributed by atoms with Crippen molar-refractivity contribution in [1.82, 2.24) is 10.2 Å². The first-order valence-electron chi connectivity index (χ1n) is 9.24. The number of ether oxygens (including phenoxy) is 1. The van der Waals surface area contributed by atoms with Crippen molar-refractivity contribution in [2.24, 2.45) is 10.9 Å². The maximum absolute atomic E-state index is 5.45. The summed E-state index contributed by atoms with van der Waals surface area (Å²) in [5.74, 6) is 1.74. The zero-order valence-electron chi connectivity index (χ0n) is 15.8. The topological polar surface area (TPSA) is 36.9 Å². The minimum Gasteiger partial charge on any atom is -0.381 e. The third-order valence-electron chi connectivity index (χ3n) is 5.10. The molecule has 0 saturated carbocycles. The molecular weight excluding hydrogens is 437 g/mol. The summed E-state index contributed by atoms with van der Waals surface area (Å²) in [5, 5.41) is 6.10. The highest BCUT2D eigenvalue weighted by atomic mass is 127. The van der Waals surface area contributed by atoms with E-state index in [2.05, 4.69) is 64.7 Å². The van der Waals surface area contributed by atoms with Crippen LogP contribution < -0.4 is 5.32 Å². The van der Waals surface area contributed by atoms with Gasteiger partial charge in [0.05, 0.1) is 0 Å². The van der Waals surface area contributed by atoms with Crippen LogP contribution in [0.1, 0.15) is 24.8 Å². The van der Waals surface area contributed by atoms with Gasteiger partial charge in [0.15, 0.2) is 5.96 Å². The lowest BCUT2D eigenvalue weighted by atomic mass is 9.96. The Labute approximate surface area is 174 Å². The van der Waals surface area contributed by atoms with Gasteiger partial charge in [-0.1, -0.05) is 42.5 Å². The van der Waals surface area contributed by atoms with Crippen LogP contribution in [0.15, 0.2) is 47.5 Å². The van der Waals surface area contributed by atoms with E-state index in [1.54, 1.807) is 0 Å². The number of halogens is 1. The second-order valence-corrected chi connectivity index (χ2v) is 6.81. The van der Waals surface area contributed by atoms with Crippen LogP contribution in [-0.2, 0) is 11.3 Å². The van der Waals surface area contributed by atoms with Crippen molar-refractivity contribution in [2.45, 2.75) is 25.8 Å². The molecule has 0 aliphatic carbocycles. The largest absolute Gasteiger partial charge is 0.381 e. The Bertz CT molecular complexity index is 708. The van der Waals surface area contributed by atoms with Gasteiger partial charge in [-0.15, -0.1) is 24.0 Å². The second kappa shape index (κ2) is 10.7. The number of nitrogens with one attached hydrogen (secondary N) is 1. The summed E-state index contributed by atoms with van der Waals surface area (Å²) in [6.45, 7) is 3.65. The molecule has 1 heterocycles. The predicted octanol–water partition coefficient (Wildman–Crippen LogP) is 4.28. The Hall–Kier alpha value is -1.34. The van der Waals surface area contributed by atoms with E-state index in [9.17, 15) is 0 Å². The zero-order chi connectivity index (χ0) is 17.5. The summed E-state index contributed by atoms with van der Waals surface area (Å²) in [5.41, 5.74) is 1.30. The Morgan fingerprint density at radius 1 is 1.15 bits per heavy atom. The summed E-state index contributed by atoms with van der Waals surface area (Å²) in [6.07, 6.45) is 3.58. The van der Waals surface area contributed by atoms with Gasteiger partial charge in [-0.2, -0.15) is 0 Å². The van der Waals surface area contributed by atoms with Gasteiger partial charge in [-0.25, -0.2) is 0 Å². The van der Waals surface area contributed by atoms with Crippen LogP contribution in [0, 0.1) is 5.92 Å². The number of nitrogens with zero attached hydrogens (tertiary/aromatic N) is 2. The van der Waals surface area contributed by atoms with Gasteiger partial charge in [0.2, 0.25) is 0 Å². The van der Waals surface area contributed by atoms with E-state index in [4.69, 9.17) is 4.74 Å². The van der Waals surface area contributed by atoms with Crippen molar-refractivity contribution in [3.8, 4) is 0 Å². The fourth-order valence-corrected chi connectivity index (χ4v) is 3.52. The van der Waals surface area contributed by atoms with Crippen molar-refractivity contribution in [1.29, 1.82) is 0 Å². The van der Waals surface area contributed by atoms with Crippen molar-refractivity contribution in [3.63, 3.8) is 0 Å². The van der Waals surface area contributed by atoms with Gasteiger partial charge in [0.1, 0.15) is 0 Å². The molecule has 1 aliphatic heterocycles. The fraction of sp³-hybridized carbons (Fsp3) is 0.476. The average molecular weight is 467 g/mol. The molecule has 1 fully saturated rings. The van der Waals surface area contributed by atoms with Gasteiger partial charge in [-0.3, -0.25) is 4.99 Å². The van der Waals surface area contributed by atoms with Crippen LogP contribution in [0.5, 0.6) is 0 Å². The molecule has 0 amide bonds. The van der Waals surface area contributed by atoms with Crippen molar-refractivity contribution in [3.05, 3.63) is 48.0 Å². The molecule has 2 aromatic carbocycles. The highest BCUT2D eigenvalue weighted by Crippen LogP contribution is 2.19. The molecule has 0 atom stereocenters. The smallest absolute Gasteiger partial charge is 0.193 e. The molecule has 3 rings (SSSR count). The van der Waals surface area contributed by atoms with Crippen LogP contribution >= 0.6 is 24.0 Å². The molecule has 1 aliphatic rings. The molecule has 0 radical (unpaired) electrons. The van der Waals surface area contributed by atoms with E-state index in [0.717, 1.165) is 38.2 Å². The monoisotopic (exact) mass is 467 g/mol. The summed E-state index contributed by atoms with van der Waals surface area (Å²) < 4.78 is 5.45. The van der Waals surface area contributed by atoms with Crippen LogP contribution in [0.25, 0.3) is 10.8 Å². The van der Waals surface area contributed by atoms with Crippen LogP contribution in [0.4, 0.5) is 0 Å². The number of hydrogen-bond acceptors (Lipinski definition) is 2. The van der Waals surface area contributed by atoms with Crippen LogP contribution in [0.2, 0.25) is 0 Å². The van der Waals surface area contributed by atoms with E-state index in [1.165, 1.54) is 35.6 Å². The lowest BCUT2D eigenvalue weighted by Crippen LogP contribution is -2.39. The van der Waals surface area contributed by atoms with Gasteiger partial charge in [-0.05, 0) is 41.5 Å². The predicted molar refractivity (Wildman–Crippen MR) is 120 cm³/mol. The third-order valence-corrected chi connectivity index (χ3v) is 5.10. The summed E-state index contributed by atoms with van der Waals surface area (Å²) in [7, 11) is 3.98. The van der Waals surface area contributed by atoms with E-state index < -0.39 is 0 Å². The van der Waals surface area contributed by atoms with E-state index >= 15 is 0 Å². The molecule has 5 heteroatoms. The molecule has 0 bridgehead atoms. The molecule has 1 N–H and O–H groups in total. The highest BCUT2D eigenvalue weighted by Gasteiger charge is 2.15. The van der Waals surface area contributed by atoms with Gasteiger partial charge >= 0.3 is 0 Å². The molecule has 26 heavy (non-hydrogen) atoms. The number of aliphatic imine (C=N–C) groups is 1. The molecule has 0 unspecified atom stereocenters. The standard InChI is InChI=1S/C21H29N3O.HI/c1-22-21(24(2)13-10-17-11-14-25-15-12-17)23-16-19-8-5-7-18-6-3-4-9-20(18)19;/h3-9,17H,10-16H2,1-2H3,(H,22,23);1H. The van der Waals surface area contributed by atoms with Crippen LogP contribution in [-0.4, -0.2) is 44.7 Å². The number of rotatable bonds is 5. The van der Waals surface area contributed by atoms with Crippen molar-refractivity contribution in [2.75, 3.05) is 33.9 Å². The number of hydrogen-bond donors (Lipinski definition) is 1. The maximum atomic E-state index is 5.45. The second-order valence-electron chi connectivity index (χ2n) is 6.81. The Morgan fingerprint density at radius 3 is 2.65 bits per heavy atom. The first-order valence-corrected chi connectivity index (χ1v) is 9.24. The fourth-order valence-electron chi connectivity index (χ4n) is 3.52.